The van der Waals surface area contributed by atoms with Gasteiger partial charge in [0.2, 0.25) is 0 Å². The van der Waals surface area contributed by atoms with Crippen molar-refractivity contribution >= 4 is 11.6 Å². The van der Waals surface area contributed by atoms with Crippen LogP contribution in [0.15, 0.2) is 24.5 Å². The molecule has 0 N–H and O–H groups in total. The monoisotopic (exact) mass is 224 g/mol. The third-order valence-electron chi connectivity index (χ3n) is 3.06. The summed E-state index contributed by atoms with van der Waals surface area (Å²) in [5.41, 5.74) is 1.34. The molecule has 1 aromatic heterocycles. The maximum Gasteiger partial charge on any atom is 0.0379 e. The standard InChI is InChI=1S/C12H17ClN2/c13-9-12-3-1-2-8-15(12)10-11-4-6-14-7-5-11/h4-7,12H,1-3,8-10H2. The van der Waals surface area contributed by atoms with E-state index in [0.717, 1.165) is 12.4 Å². The zero-order valence-electron chi connectivity index (χ0n) is 8.90. The third kappa shape index (κ3) is 2.93. The quantitative estimate of drug-likeness (QED) is 0.734. The van der Waals surface area contributed by atoms with Gasteiger partial charge in [0.25, 0.3) is 0 Å². The minimum Gasteiger partial charge on any atom is -0.295 e. The Labute approximate surface area is 96.3 Å². The Bertz CT molecular complexity index is 289. The molecule has 0 radical (unpaired) electrons. The molecular formula is C12H17ClN2. The number of nitrogens with zero attached hydrogens (tertiary/aromatic N) is 2. The van der Waals surface area contributed by atoms with E-state index in [-0.39, 0.29) is 0 Å². The number of aromatic nitrogens is 1. The lowest BCUT2D eigenvalue weighted by molar-refractivity contribution is 0.155. The Morgan fingerprint density at radius 2 is 2.13 bits per heavy atom. The van der Waals surface area contributed by atoms with E-state index in [9.17, 15) is 0 Å². The van der Waals surface area contributed by atoms with Gasteiger partial charge in [0.05, 0.1) is 0 Å². The Kier molecular flexibility index (Phi) is 3.98. The first-order chi connectivity index (χ1) is 7.40. The smallest absolute Gasteiger partial charge is 0.0379 e. The van der Waals surface area contributed by atoms with Crippen LogP contribution in [0.1, 0.15) is 24.8 Å². The Hall–Kier alpha value is -0.600. The Morgan fingerprint density at radius 1 is 1.33 bits per heavy atom. The summed E-state index contributed by atoms with van der Waals surface area (Å²) < 4.78 is 0. The number of alkyl halides is 1. The molecule has 15 heavy (non-hydrogen) atoms. The predicted octanol–water partition coefficient (Wildman–Crippen LogP) is 2.67. The van der Waals surface area contributed by atoms with Gasteiger partial charge in [-0.25, -0.2) is 0 Å². The van der Waals surface area contributed by atoms with Gasteiger partial charge in [-0.15, -0.1) is 11.6 Å². The molecule has 0 amide bonds. The van der Waals surface area contributed by atoms with Crippen molar-refractivity contribution in [2.75, 3.05) is 12.4 Å². The Morgan fingerprint density at radius 3 is 2.87 bits per heavy atom. The van der Waals surface area contributed by atoms with Gasteiger partial charge in [-0.2, -0.15) is 0 Å². The molecule has 1 fully saturated rings. The fourth-order valence-corrected chi connectivity index (χ4v) is 2.52. The first kappa shape index (κ1) is 10.9. The van der Waals surface area contributed by atoms with E-state index >= 15 is 0 Å². The lowest BCUT2D eigenvalue weighted by Gasteiger charge is -2.34. The normalized spacial score (nSPS) is 22.9. The van der Waals surface area contributed by atoms with Gasteiger partial charge in [-0.3, -0.25) is 9.88 Å². The summed E-state index contributed by atoms with van der Waals surface area (Å²) >= 11 is 5.99. The van der Waals surface area contributed by atoms with Crippen molar-refractivity contribution in [2.24, 2.45) is 0 Å². The van der Waals surface area contributed by atoms with E-state index in [4.69, 9.17) is 11.6 Å². The lowest BCUT2D eigenvalue weighted by atomic mass is 10.0. The van der Waals surface area contributed by atoms with Crippen LogP contribution in [-0.2, 0) is 6.54 Å². The number of piperidine rings is 1. The number of pyridine rings is 1. The molecule has 0 saturated carbocycles. The van der Waals surface area contributed by atoms with E-state index in [2.05, 4.69) is 22.0 Å². The zero-order chi connectivity index (χ0) is 10.5. The van der Waals surface area contributed by atoms with Crippen molar-refractivity contribution in [3.8, 4) is 0 Å². The maximum atomic E-state index is 5.99. The van der Waals surface area contributed by atoms with Gasteiger partial charge in [-0.05, 0) is 37.1 Å². The molecule has 1 saturated heterocycles. The van der Waals surface area contributed by atoms with Gasteiger partial charge in [0.15, 0.2) is 0 Å². The molecular weight excluding hydrogens is 208 g/mol. The topological polar surface area (TPSA) is 16.1 Å². The number of hydrogen-bond acceptors (Lipinski definition) is 2. The molecule has 1 aromatic rings. The number of rotatable bonds is 3. The van der Waals surface area contributed by atoms with Gasteiger partial charge in [-0.1, -0.05) is 6.42 Å². The van der Waals surface area contributed by atoms with Crippen LogP contribution in [0.2, 0.25) is 0 Å². The predicted molar refractivity (Wildman–Crippen MR) is 63.0 cm³/mol. The highest BCUT2D eigenvalue weighted by Gasteiger charge is 2.21. The second-order valence-electron chi connectivity index (χ2n) is 4.13. The minimum atomic E-state index is 0.564. The minimum absolute atomic E-state index is 0.564. The average Bonchev–Trinajstić information content (AvgIpc) is 2.31. The molecule has 3 heteroatoms. The molecule has 2 heterocycles. The number of hydrogen-bond donors (Lipinski definition) is 0. The van der Waals surface area contributed by atoms with Crippen molar-refractivity contribution < 1.29 is 0 Å². The van der Waals surface area contributed by atoms with Crippen molar-refractivity contribution in [1.82, 2.24) is 9.88 Å². The zero-order valence-corrected chi connectivity index (χ0v) is 9.66. The molecule has 1 aliphatic rings. The summed E-state index contributed by atoms with van der Waals surface area (Å²) in [7, 11) is 0. The van der Waals surface area contributed by atoms with E-state index in [0.29, 0.717) is 6.04 Å². The molecule has 82 valence electrons. The van der Waals surface area contributed by atoms with E-state index in [1.165, 1.54) is 31.4 Å². The van der Waals surface area contributed by atoms with Crippen molar-refractivity contribution in [2.45, 2.75) is 31.8 Å². The highest BCUT2D eigenvalue weighted by Crippen LogP contribution is 2.20. The molecule has 0 spiro atoms. The van der Waals surface area contributed by atoms with Crippen LogP contribution in [0.5, 0.6) is 0 Å². The van der Waals surface area contributed by atoms with Crippen LogP contribution >= 0.6 is 11.6 Å². The van der Waals surface area contributed by atoms with Crippen LogP contribution in [0.25, 0.3) is 0 Å². The van der Waals surface area contributed by atoms with Crippen LogP contribution in [-0.4, -0.2) is 28.4 Å². The van der Waals surface area contributed by atoms with Crippen LogP contribution in [0, 0.1) is 0 Å². The average molecular weight is 225 g/mol. The summed E-state index contributed by atoms with van der Waals surface area (Å²) in [6, 6.07) is 4.73. The number of halogens is 1. The fourth-order valence-electron chi connectivity index (χ4n) is 2.17. The van der Waals surface area contributed by atoms with Crippen molar-refractivity contribution in [3.05, 3.63) is 30.1 Å². The highest BCUT2D eigenvalue weighted by molar-refractivity contribution is 6.18. The molecule has 0 bridgehead atoms. The summed E-state index contributed by atoms with van der Waals surface area (Å²) in [5.74, 6) is 0.755. The van der Waals surface area contributed by atoms with Crippen molar-refractivity contribution in [3.63, 3.8) is 0 Å². The Balaban J connectivity index is 1.97. The van der Waals surface area contributed by atoms with E-state index in [1.54, 1.807) is 0 Å². The SMILES string of the molecule is ClCC1CCCCN1Cc1ccncc1. The van der Waals surface area contributed by atoms with Crippen LogP contribution in [0.3, 0.4) is 0 Å². The molecule has 1 atom stereocenters. The summed E-state index contributed by atoms with van der Waals surface area (Å²) in [6.07, 6.45) is 7.58. The molecule has 0 aromatic carbocycles. The maximum absolute atomic E-state index is 5.99. The molecule has 2 rings (SSSR count). The van der Waals surface area contributed by atoms with E-state index < -0.39 is 0 Å². The summed E-state index contributed by atoms with van der Waals surface area (Å²) in [6.45, 7) is 2.19. The van der Waals surface area contributed by atoms with Gasteiger partial charge in [0.1, 0.15) is 0 Å². The highest BCUT2D eigenvalue weighted by atomic mass is 35.5. The van der Waals surface area contributed by atoms with E-state index in [1.807, 2.05) is 12.4 Å². The van der Waals surface area contributed by atoms with Gasteiger partial charge in [0, 0.05) is 30.9 Å². The second-order valence-corrected chi connectivity index (χ2v) is 4.44. The van der Waals surface area contributed by atoms with Gasteiger partial charge < -0.3 is 0 Å². The van der Waals surface area contributed by atoms with Crippen LogP contribution in [0.4, 0.5) is 0 Å². The van der Waals surface area contributed by atoms with Crippen LogP contribution < -0.4 is 0 Å². The third-order valence-corrected chi connectivity index (χ3v) is 3.42. The first-order valence-electron chi connectivity index (χ1n) is 5.59. The fraction of sp³-hybridized carbons (Fsp3) is 0.583. The molecule has 0 aliphatic carbocycles. The summed E-state index contributed by atoms with van der Waals surface area (Å²) in [4.78, 5) is 6.52. The second kappa shape index (κ2) is 5.47. The first-order valence-corrected chi connectivity index (χ1v) is 6.12. The number of likely N-dealkylation sites (tertiary alicyclic amines) is 1. The van der Waals surface area contributed by atoms with Gasteiger partial charge >= 0.3 is 0 Å². The molecule has 1 aliphatic heterocycles. The summed E-state index contributed by atoms with van der Waals surface area (Å²) in [5, 5.41) is 0. The largest absolute Gasteiger partial charge is 0.295 e. The molecule has 2 nitrogen and oxygen atoms in total. The lowest BCUT2D eigenvalue weighted by Crippen LogP contribution is -2.40. The molecule has 1 unspecified atom stereocenters. The van der Waals surface area contributed by atoms with Crippen molar-refractivity contribution in [1.29, 1.82) is 0 Å².